The van der Waals surface area contributed by atoms with E-state index in [9.17, 15) is 9.59 Å². The van der Waals surface area contributed by atoms with Crippen molar-refractivity contribution in [3.05, 3.63) is 30.1 Å². The van der Waals surface area contributed by atoms with E-state index in [4.69, 9.17) is 4.74 Å². The average Bonchev–Trinajstić information content (AvgIpc) is 2.94. The van der Waals surface area contributed by atoms with Crippen molar-refractivity contribution in [3.63, 3.8) is 0 Å². The normalized spacial score (nSPS) is 25.0. The van der Waals surface area contributed by atoms with E-state index in [0.717, 1.165) is 6.42 Å². The molecule has 2 aliphatic rings. The van der Waals surface area contributed by atoms with E-state index in [2.05, 4.69) is 10.3 Å². The molecule has 124 valence electrons. The second kappa shape index (κ2) is 7.57. The fourth-order valence-electron chi connectivity index (χ4n) is 3.68. The van der Waals surface area contributed by atoms with Crippen molar-refractivity contribution in [1.82, 2.24) is 10.3 Å². The minimum atomic E-state index is -0.346. The standard InChI is InChI=1S/C18H24N2O3/c21-16(14-8-4-5-11-19-14)9-10-17-15(20-18(22)23-17)12-13-6-2-1-3-7-13/h4-5,8,11,13,15,17H,1-3,6-7,9-10,12H2,(H,20,22)/t15-,17?/m0/s1. The van der Waals surface area contributed by atoms with Crippen LogP contribution in [0.5, 0.6) is 0 Å². The lowest BCUT2D eigenvalue weighted by atomic mass is 9.83. The number of ketones is 1. The molecule has 2 atom stereocenters. The minimum Gasteiger partial charge on any atom is -0.444 e. The van der Waals surface area contributed by atoms with Gasteiger partial charge in [-0.15, -0.1) is 0 Å². The highest BCUT2D eigenvalue weighted by atomic mass is 16.6. The zero-order chi connectivity index (χ0) is 16.1. The van der Waals surface area contributed by atoms with Gasteiger partial charge < -0.3 is 10.1 Å². The maximum absolute atomic E-state index is 12.2. The van der Waals surface area contributed by atoms with Crippen molar-refractivity contribution < 1.29 is 14.3 Å². The van der Waals surface area contributed by atoms with Gasteiger partial charge in [0.1, 0.15) is 11.8 Å². The number of Topliss-reactive ketones (excluding diaryl/α,β-unsaturated/α-hetero) is 1. The van der Waals surface area contributed by atoms with E-state index < -0.39 is 0 Å². The summed E-state index contributed by atoms with van der Waals surface area (Å²) >= 11 is 0. The van der Waals surface area contributed by atoms with Gasteiger partial charge in [-0.25, -0.2) is 4.79 Å². The Morgan fingerprint density at radius 2 is 2.09 bits per heavy atom. The molecule has 3 rings (SSSR count). The lowest BCUT2D eigenvalue weighted by Gasteiger charge is -2.26. The number of amides is 1. The van der Waals surface area contributed by atoms with Crippen LogP contribution >= 0.6 is 0 Å². The fraction of sp³-hybridized carbons (Fsp3) is 0.611. The SMILES string of the molecule is O=C1N[C@@H](CC2CCCCC2)C(CCC(=O)c2ccccn2)O1. The summed E-state index contributed by atoms with van der Waals surface area (Å²) in [6.07, 6.45) is 9.35. The maximum atomic E-state index is 12.2. The van der Waals surface area contributed by atoms with Gasteiger partial charge in [-0.3, -0.25) is 9.78 Å². The van der Waals surface area contributed by atoms with Crippen molar-refractivity contribution in [2.75, 3.05) is 0 Å². The highest BCUT2D eigenvalue weighted by molar-refractivity contribution is 5.94. The third kappa shape index (κ3) is 4.30. The van der Waals surface area contributed by atoms with Gasteiger partial charge in [0.05, 0.1) is 6.04 Å². The summed E-state index contributed by atoms with van der Waals surface area (Å²) in [5.41, 5.74) is 0.480. The third-order valence-electron chi connectivity index (χ3n) is 4.93. The second-order valence-electron chi connectivity index (χ2n) is 6.61. The first-order valence-corrected chi connectivity index (χ1v) is 8.64. The molecular formula is C18H24N2O3. The molecule has 1 amide bonds. The summed E-state index contributed by atoms with van der Waals surface area (Å²) in [5.74, 6) is 0.676. The number of hydrogen-bond donors (Lipinski definition) is 1. The highest BCUT2D eigenvalue weighted by Gasteiger charge is 2.35. The summed E-state index contributed by atoms with van der Waals surface area (Å²) in [6, 6.07) is 5.37. The number of nitrogens with one attached hydrogen (secondary N) is 1. The van der Waals surface area contributed by atoms with E-state index in [1.807, 2.05) is 6.07 Å². The molecule has 0 radical (unpaired) electrons. The van der Waals surface area contributed by atoms with Crippen LogP contribution < -0.4 is 5.32 Å². The van der Waals surface area contributed by atoms with Crippen LogP contribution in [0.25, 0.3) is 0 Å². The Morgan fingerprint density at radius 1 is 1.26 bits per heavy atom. The molecular weight excluding hydrogens is 292 g/mol. The number of pyridine rings is 1. The number of nitrogens with zero attached hydrogens (tertiary/aromatic N) is 1. The number of rotatable bonds is 6. The smallest absolute Gasteiger partial charge is 0.407 e. The number of hydrogen-bond acceptors (Lipinski definition) is 4. The first kappa shape index (κ1) is 16.0. The Balaban J connectivity index is 1.52. The molecule has 2 fully saturated rings. The maximum Gasteiger partial charge on any atom is 0.407 e. The molecule has 1 aromatic rings. The van der Waals surface area contributed by atoms with E-state index in [1.54, 1.807) is 18.3 Å². The van der Waals surface area contributed by atoms with E-state index in [1.165, 1.54) is 32.1 Å². The largest absolute Gasteiger partial charge is 0.444 e. The van der Waals surface area contributed by atoms with Crippen LogP contribution in [-0.4, -0.2) is 29.0 Å². The van der Waals surface area contributed by atoms with Crippen molar-refractivity contribution in [2.24, 2.45) is 5.92 Å². The number of ether oxygens (including phenoxy) is 1. The third-order valence-corrected chi connectivity index (χ3v) is 4.93. The lowest BCUT2D eigenvalue weighted by Crippen LogP contribution is -2.34. The van der Waals surface area contributed by atoms with Gasteiger partial charge in [-0.1, -0.05) is 38.2 Å². The number of aromatic nitrogens is 1. The monoisotopic (exact) mass is 316 g/mol. The van der Waals surface area contributed by atoms with Crippen molar-refractivity contribution in [2.45, 2.75) is 63.5 Å². The van der Waals surface area contributed by atoms with Crippen LogP contribution in [0.1, 0.15) is 61.9 Å². The Hall–Kier alpha value is -1.91. The molecule has 5 nitrogen and oxygen atoms in total. The number of cyclic esters (lactones) is 1. The van der Waals surface area contributed by atoms with Crippen molar-refractivity contribution in [1.29, 1.82) is 0 Å². The summed E-state index contributed by atoms with van der Waals surface area (Å²) in [6.45, 7) is 0. The summed E-state index contributed by atoms with van der Waals surface area (Å²) in [5, 5.41) is 2.93. The second-order valence-corrected chi connectivity index (χ2v) is 6.61. The summed E-state index contributed by atoms with van der Waals surface area (Å²) in [4.78, 5) is 27.8. The zero-order valence-electron chi connectivity index (χ0n) is 13.4. The Bertz CT molecular complexity index is 540. The highest BCUT2D eigenvalue weighted by Crippen LogP contribution is 2.30. The predicted molar refractivity (Wildman–Crippen MR) is 86.2 cm³/mol. The van der Waals surface area contributed by atoms with Crippen LogP contribution in [0.2, 0.25) is 0 Å². The molecule has 1 aliphatic carbocycles. The predicted octanol–water partition coefficient (Wildman–Crippen LogP) is 3.49. The van der Waals surface area contributed by atoms with Crippen LogP contribution in [0.3, 0.4) is 0 Å². The lowest BCUT2D eigenvalue weighted by molar-refractivity contribution is 0.0907. The average molecular weight is 316 g/mol. The Morgan fingerprint density at radius 3 is 2.83 bits per heavy atom. The minimum absolute atomic E-state index is 0.00460. The van der Waals surface area contributed by atoms with Crippen molar-refractivity contribution >= 4 is 11.9 Å². The van der Waals surface area contributed by atoms with E-state index in [0.29, 0.717) is 24.5 Å². The van der Waals surface area contributed by atoms with Gasteiger partial charge >= 0.3 is 6.09 Å². The zero-order valence-corrected chi connectivity index (χ0v) is 13.4. The quantitative estimate of drug-likeness (QED) is 0.816. The molecule has 23 heavy (non-hydrogen) atoms. The van der Waals surface area contributed by atoms with Gasteiger partial charge in [-0.05, 0) is 30.9 Å². The number of carbonyl (C=O) groups excluding carboxylic acids is 2. The van der Waals surface area contributed by atoms with Gasteiger partial charge in [0, 0.05) is 12.6 Å². The van der Waals surface area contributed by atoms with Gasteiger partial charge in [0.25, 0.3) is 0 Å². The first-order chi connectivity index (χ1) is 11.2. The van der Waals surface area contributed by atoms with Crippen LogP contribution in [0.4, 0.5) is 4.79 Å². The molecule has 0 aromatic carbocycles. The first-order valence-electron chi connectivity index (χ1n) is 8.64. The molecule has 1 unspecified atom stereocenters. The molecule has 1 N–H and O–H groups in total. The summed E-state index contributed by atoms with van der Waals surface area (Å²) < 4.78 is 5.38. The molecule has 1 saturated carbocycles. The Kier molecular flexibility index (Phi) is 5.26. The topological polar surface area (TPSA) is 68.3 Å². The van der Waals surface area contributed by atoms with Crippen LogP contribution in [0, 0.1) is 5.92 Å². The van der Waals surface area contributed by atoms with E-state index in [-0.39, 0.29) is 24.0 Å². The fourth-order valence-corrected chi connectivity index (χ4v) is 3.68. The van der Waals surface area contributed by atoms with Gasteiger partial charge in [0.2, 0.25) is 0 Å². The number of alkyl carbamates (subject to hydrolysis) is 1. The molecule has 0 spiro atoms. The van der Waals surface area contributed by atoms with Crippen LogP contribution in [0.15, 0.2) is 24.4 Å². The molecule has 1 aliphatic heterocycles. The summed E-state index contributed by atoms with van der Waals surface area (Å²) in [7, 11) is 0. The van der Waals surface area contributed by atoms with Gasteiger partial charge in [-0.2, -0.15) is 0 Å². The molecule has 5 heteroatoms. The Labute approximate surface area is 136 Å². The van der Waals surface area contributed by atoms with E-state index >= 15 is 0 Å². The van der Waals surface area contributed by atoms with Crippen LogP contribution in [-0.2, 0) is 4.74 Å². The number of carbonyl (C=O) groups is 2. The molecule has 1 aromatic heterocycles. The van der Waals surface area contributed by atoms with Gasteiger partial charge in [0.15, 0.2) is 5.78 Å². The molecule has 1 saturated heterocycles. The van der Waals surface area contributed by atoms with Crippen molar-refractivity contribution in [3.8, 4) is 0 Å². The molecule has 2 heterocycles. The molecule has 0 bridgehead atoms.